The molecule has 1 aromatic carbocycles. The van der Waals surface area contributed by atoms with Crippen molar-refractivity contribution in [2.45, 2.75) is 33.7 Å². The molecule has 0 radical (unpaired) electrons. The van der Waals surface area contributed by atoms with Gasteiger partial charge in [-0.3, -0.25) is 4.99 Å². The molecule has 0 aliphatic carbocycles. The number of thiophene rings is 1. The summed E-state index contributed by atoms with van der Waals surface area (Å²) in [6, 6.07) is 12.1. The number of fused-ring (bicyclic) bond motifs is 1. The summed E-state index contributed by atoms with van der Waals surface area (Å²) in [5, 5.41) is 0. The van der Waals surface area contributed by atoms with E-state index in [2.05, 4.69) is 36.2 Å². The average Bonchev–Trinajstić information content (AvgIpc) is 3.16. The van der Waals surface area contributed by atoms with Gasteiger partial charge in [0.15, 0.2) is 0 Å². The fourth-order valence-corrected chi connectivity index (χ4v) is 4.00. The Morgan fingerprint density at radius 3 is 2.30 bits per heavy atom. The first-order chi connectivity index (χ1) is 14.5. The molecule has 2 heterocycles. The highest BCUT2D eigenvalue weighted by molar-refractivity contribution is 7.16. The van der Waals surface area contributed by atoms with E-state index in [1.54, 1.807) is 36.7 Å². The SMILES string of the molecule is C=CC=C.CC.CN1CCc2cc(Cl)sc2C1.CN=C(C)/C(=C\N)c1ccccc1. The van der Waals surface area contributed by atoms with Gasteiger partial charge in [-0.05, 0) is 37.6 Å². The molecule has 0 unspecified atom stereocenters. The molecule has 1 aliphatic heterocycles. The minimum absolute atomic E-state index is 0.935. The van der Waals surface area contributed by atoms with E-state index in [0.717, 1.165) is 34.2 Å². The van der Waals surface area contributed by atoms with Crippen LogP contribution in [-0.4, -0.2) is 31.3 Å². The van der Waals surface area contributed by atoms with Gasteiger partial charge >= 0.3 is 0 Å². The van der Waals surface area contributed by atoms with Crippen LogP contribution < -0.4 is 5.73 Å². The predicted octanol–water partition coefficient (Wildman–Crippen LogP) is 6.85. The van der Waals surface area contributed by atoms with Gasteiger partial charge in [0.1, 0.15) is 0 Å². The molecule has 2 N–H and O–H groups in total. The number of nitrogens with two attached hydrogens (primary N) is 1. The van der Waals surface area contributed by atoms with E-state index in [0.29, 0.717) is 0 Å². The molecule has 164 valence electrons. The summed E-state index contributed by atoms with van der Waals surface area (Å²) in [5.41, 5.74) is 10.0. The van der Waals surface area contributed by atoms with E-state index in [-0.39, 0.29) is 0 Å². The van der Waals surface area contributed by atoms with E-state index in [1.807, 2.05) is 51.1 Å². The zero-order valence-corrected chi connectivity index (χ0v) is 20.6. The molecular weight excluding hydrogens is 410 g/mol. The van der Waals surface area contributed by atoms with Gasteiger partial charge in [-0.15, -0.1) is 11.3 Å². The van der Waals surface area contributed by atoms with E-state index < -0.39 is 0 Å². The summed E-state index contributed by atoms with van der Waals surface area (Å²) >= 11 is 7.62. The van der Waals surface area contributed by atoms with Crippen molar-refractivity contribution < 1.29 is 0 Å². The molecule has 3 nitrogen and oxygen atoms in total. The lowest BCUT2D eigenvalue weighted by atomic mass is 10.0. The molecule has 0 bridgehead atoms. The highest BCUT2D eigenvalue weighted by Crippen LogP contribution is 2.30. The molecule has 0 amide bonds. The summed E-state index contributed by atoms with van der Waals surface area (Å²) in [4.78, 5) is 7.88. The normalized spacial score (nSPS) is 13.3. The molecule has 5 heteroatoms. The third-order valence-corrected chi connectivity index (χ3v) is 5.48. The molecular formula is C25H36ClN3S. The first-order valence-electron chi connectivity index (χ1n) is 10.1. The molecule has 0 spiro atoms. The minimum atomic E-state index is 0.935. The van der Waals surface area contributed by atoms with Crippen molar-refractivity contribution in [1.82, 2.24) is 4.90 Å². The van der Waals surface area contributed by atoms with Crippen molar-refractivity contribution in [2.75, 3.05) is 20.6 Å². The molecule has 2 aromatic rings. The standard InChI is InChI=1S/C11H14N2.C8H10ClNS.C4H6.C2H6/c1-9(13-2)11(8-12)10-6-4-3-5-7-10;1-10-3-2-6-4-8(9)11-7(6)5-10;1-3-4-2;1-2/h3-8H,12H2,1-2H3;4H,2-3,5H2,1H3;3-4H,1-2H2;1-2H3/b11-8+,13-9?;;;. The first kappa shape index (κ1) is 27.9. The van der Waals surface area contributed by atoms with Crippen molar-refractivity contribution >= 4 is 34.2 Å². The van der Waals surface area contributed by atoms with Crippen LogP contribution >= 0.6 is 22.9 Å². The number of halogens is 1. The first-order valence-corrected chi connectivity index (χ1v) is 11.3. The number of hydrogen-bond donors (Lipinski definition) is 1. The quantitative estimate of drug-likeness (QED) is 0.414. The van der Waals surface area contributed by atoms with Crippen LogP contribution in [0.2, 0.25) is 4.34 Å². The third-order valence-electron chi connectivity index (χ3n) is 4.19. The van der Waals surface area contributed by atoms with Gasteiger partial charge in [0, 0.05) is 42.5 Å². The van der Waals surface area contributed by atoms with Crippen molar-refractivity contribution in [3.05, 3.63) is 88.2 Å². The highest BCUT2D eigenvalue weighted by atomic mass is 35.5. The Hall–Kier alpha value is -2.14. The van der Waals surface area contributed by atoms with Crippen LogP contribution in [-0.2, 0) is 13.0 Å². The van der Waals surface area contributed by atoms with Gasteiger partial charge in [-0.25, -0.2) is 0 Å². The topological polar surface area (TPSA) is 41.6 Å². The number of benzene rings is 1. The summed E-state index contributed by atoms with van der Waals surface area (Å²) < 4.78 is 0.935. The molecule has 3 rings (SSSR count). The van der Waals surface area contributed by atoms with Gasteiger partial charge in [-0.1, -0.05) is 81.1 Å². The lowest BCUT2D eigenvalue weighted by Gasteiger charge is -2.21. The fourth-order valence-electron chi connectivity index (χ4n) is 2.57. The van der Waals surface area contributed by atoms with E-state index in [1.165, 1.54) is 17.0 Å². The van der Waals surface area contributed by atoms with Gasteiger partial charge in [0.05, 0.1) is 4.34 Å². The van der Waals surface area contributed by atoms with Crippen molar-refractivity contribution in [3.63, 3.8) is 0 Å². The van der Waals surface area contributed by atoms with Crippen molar-refractivity contribution in [3.8, 4) is 0 Å². The number of allylic oxidation sites excluding steroid dienone is 3. The maximum atomic E-state index is 5.90. The van der Waals surface area contributed by atoms with E-state index in [9.17, 15) is 0 Å². The Balaban J connectivity index is 0.000000449. The number of hydrogen-bond acceptors (Lipinski definition) is 4. The number of aliphatic imine (C=N–C) groups is 1. The number of nitrogens with zero attached hydrogens (tertiary/aromatic N) is 2. The summed E-state index contributed by atoms with van der Waals surface area (Å²) in [5.74, 6) is 0. The van der Waals surface area contributed by atoms with Gasteiger partial charge < -0.3 is 10.6 Å². The molecule has 0 fully saturated rings. The Morgan fingerprint density at radius 1 is 1.20 bits per heavy atom. The zero-order chi connectivity index (χ0) is 22.9. The van der Waals surface area contributed by atoms with Crippen LogP contribution in [0.3, 0.4) is 0 Å². The fraction of sp³-hybridized carbons (Fsp3) is 0.320. The second-order valence-electron chi connectivity index (χ2n) is 6.21. The largest absolute Gasteiger partial charge is 0.404 e. The van der Waals surface area contributed by atoms with Crippen molar-refractivity contribution in [2.24, 2.45) is 10.7 Å². The highest BCUT2D eigenvalue weighted by Gasteiger charge is 2.15. The maximum Gasteiger partial charge on any atom is 0.0934 e. The van der Waals surface area contributed by atoms with Gasteiger partial charge in [0.25, 0.3) is 0 Å². The Kier molecular flexibility index (Phi) is 15.4. The second kappa shape index (κ2) is 16.6. The van der Waals surface area contributed by atoms with Gasteiger partial charge in [0.2, 0.25) is 0 Å². The molecule has 1 aliphatic rings. The monoisotopic (exact) mass is 445 g/mol. The lowest BCUT2D eigenvalue weighted by molar-refractivity contribution is 0.317. The second-order valence-corrected chi connectivity index (χ2v) is 7.98. The Morgan fingerprint density at radius 2 is 1.80 bits per heavy atom. The number of likely N-dealkylation sites (N-methyl/N-ethyl adjacent to an activating group) is 1. The van der Waals surface area contributed by atoms with Crippen molar-refractivity contribution in [1.29, 1.82) is 0 Å². The molecule has 0 saturated heterocycles. The summed E-state index contributed by atoms with van der Waals surface area (Å²) in [6.07, 6.45) is 6.03. The third kappa shape index (κ3) is 10.1. The van der Waals surface area contributed by atoms with Crippen LogP contribution in [0.4, 0.5) is 0 Å². The van der Waals surface area contributed by atoms with Crippen LogP contribution in [0.1, 0.15) is 36.8 Å². The van der Waals surface area contributed by atoms with Crippen LogP contribution in [0, 0.1) is 0 Å². The predicted molar refractivity (Wildman–Crippen MR) is 139 cm³/mol. The van der Waals surface area contributed by atoms with Gasteiger partial charge in [-0.2, -0.15) is 0 Å². The molecule has 0 atom stereocenters. The average molecular weight is 446 g/mol. The molecule has 0 saturated carbocycles. The minimum Gasteiger partial charge on any atom is -0.404 e. The maximum absolute atomic E-state index is 5.90. The van der Waals surface area contributed by atoms with Crippen LogP contribution in [0.15, 0.2) is 72.9 Å². The zero-order valence-electron chi connectivity index (χ0n) is 19.0. The Labute approximate surface area is 192 Å². The Bertz CT molecular complexity index is 801. The molecule has 1 aromatic heterocycles. The smallest absolute Gasteiger partial charge is 0.0934 e. The van der Waals surface area contributed by atoms with Crippen LogP contribution in [0.5, 0.6) is 0 Å². The number of rotatable bonds is 3. The van der Waals surface area contributed by atoms with Crippen LogP contribution in [0.25, 0.3) is 5.57 Å². The summed E-state index contributed by atoms with van der Waals surface area (Å²) in [6.45, 7) is 14.9. The van der Waals surface area contributed by atoms with E-state index >= 15 is 0 Å². The lowest BCUT2D eigenvalue weighted by Crippen LogP contribution is -2.24. The van der Waals surface area contributed by atoms with E-state index in [4.69, 9.17) is 17.3 Å². The summed E-state index contributed by atoms with van der Waals surface area (Å²) in [7, 11) is 3.92. The molecule has 30 heavy (non-hydrogen) atoms.